The van der Waals surface area contributed by atoms with Crippen molar-refractivity contribution in [3.63, 3.8) is 0 Å². The number of aliphatic hydroxyl groups excluding tert-OH is 1. The number of halogens is 1. The van der Waals surface area contributed by atoms with Crippen molar-refractivity contribution in [3.05, 3.63) is 45.9 Å². The molecule has 3 rings (SSSR count). The van der Waals surface area contributed by atoms with Crippen molar-refractivity contribution in [2.24, 2.45) is 0 Å². The van der Waals surface area contributed by atoms with Crippen molar-refractivity contribution < 1.29 is 13.5 Å². The van der Waals surface area contributed by atoms with Gasteiger partial charge in [-0.15, -0.1) is 11.3 Å². The Hall–Kier alpha value is -2.19. The Kier molecular flexibility index (Phi) is 7.31. The van der Waals surface area contributed by atoms with E-state index in [1.165, 1.54) is 12.3 Å². The van der Waals surface area contributed by atoms with Gasteiger partial charge in [0.05, 0.1) is 40.9 Å². The molecule has 0 aliphatic carbocycles. The highest BCUT2D eigenvalue weighted by molar-refractivity contribution is 9.10. The minimum Gasteiger partial charge on any atom is -0.394 e. The molecule has 0 fully saturated rings. The fourth-order valence-electron chi connectivity index (χ4n) is 2.21. The van der Waals surface area contributed by atoms with Gasteiger partial charge < -0.3 is 15.7 Å². The van der Waals surface area contributed by atoms with Crippen molar-refractivity contribution in [3.8, 4) is 0 Å². The predicted octanol–water partition coefficient (Wildman–Crippen LogP) is 2.41. The number of aliphatic hydroxyl groups is 1. The molecule has 160 valence electrons. The third kappa shape index (κ3) is 5.92. The largest absolute Gasteiger partial charge is 0.394 e. The summed E-state index contributed by atoms with van der Waals surface area (Å²) in [6.45, 7) is 3.62. The second-order valence-electron chi connectivity index (χ2n) is 6.37. The number of sulfonamides is 1. The lowest BCUT2D eigenvalue weighted by atomic mass is 10.3. The topological polar surface area (TPSA) is 142 Å². The normalized spacial score (nSPS) is 12.5. The molecule has 3 heterocycles. The van der Waals surface area contributed by atoms with E-state index < -0.39 is 10.0 Å². The van der Waals surface area contributed by atoms with E-state index in [4.69, 9.17) is 0 Å². The predicted molar refractivity (Wildman–Crippen MR) is 118 cm³/mol. The van der Waals surface area contributed by atoms with Crippen molar-refractivity contribution >= 4 is 54.7 Å². The lowest BCUT2D eigenvalue weighted by Gasteiger charge is -2.13. The molecule has 0 saturated carbocycles. The first-order valence-electron chi connectivity index (χ1n) is 8.79. The Morgan fingerprint density at radius 2 is 2.03 bits per heavy atom. The smallest absolute Gasteiger partial charge is 0.250 e. The Morgan fingerprint density at radius 1 is 1.23 bits per heavy atom. The van der Waals surface area contributed by atoms with Gasteiger partial charge in [-0.3, -0.25) is 9.97 Å². The van der Waals surface area contributed by atoms with E-state index in [2.05, 4.69) is 51.2 Å². The van der Waals surface area contributed by atoms with E-state index in [1.807, 2.05) is 13.8 Å². The average Bonchev–Trinajstić information content (AvgIpc) is 3.19. The summed E-state index contributed by atoms with van der Waals surface area (Å²) in [6, 6.07) is 1.31. The Balaban J connectivity index is 1.68. The Labute approximate surface area is 186 Å². The van der Waals surface area contributed by atoms with Crippen LogP contribution < -0.4 is 15.4 Å². The van der Waals surface area contributed by atoms with Gasteiger partial charge in [0.15, 0.2) is 0 Å². The van der Waals surface area contributed by atoms with Crippen LogP contribution >= 0.6 is 27.3 Å². The molecule has 0 spiro atoms. The van der Waals surface area contributed by atoms with E-state index in [-0.39, 0.29) is 29.4 Å². The molecule has 0 aromatic carbocycles. The zero-order valence-corrected chi connectivity index (χ0v) is 19.3. The van der Waals surface area contributed by atoms with Crippen LogP contribution in [0.1, 0.15) is 18.3 Å². The van der Waals surface area contributed by atoms with Crippen LogP contribution in [0.25, 0.3) is 0 Å². The van der Waals surface area contributed by atoms with E-state index in [0.717, 1.165) is 17.0 Å². The van der Waals surface area contributed by atoms with Crippen LogP contribution in [0.5, 0.6) is 0 Å². The van der Waals surface area contributed by atoms with Gasteiger partial charge in [-0.05, 0) is 35.8 Å². The molecule has 0 radical (unpaired) electrons. The highest BCUT2D eigenvalue weighted by Crippen LogP contribution is 2.27. The highest BCUT2D eigenvalue weighted by atomic mass is 79.9. The van der Waals surface area contributed by atoms with Crippen LogP contribution in [0.4, 0.5) is 17.5 Å². The van der Waals surface area contributed by atoms with Crippen LogP contribution in [0.15, 0.2) is 38.7 Å². The summed E-state index contributed by atoms with van der Waals surface area (Å²) in [5.41, 5.74) is 1.83. The monoisotopic (exact) mass is 513 g/mol. The first kappa shape index (κ1) is 22.5. The third-order valence-electron chi connectivity index (χ3n) is 3.78. The first-order valence-corrected chi connectivity index (χ1v) is 11.9. The number of hydrogen-bond donors (Lipinski definition) is 4. The zero-order valence-electron chi connectivity index (χ0n) is 16.1. The number of aryl methyl sites for hydroxylation is 1. The van der Waals surface area contributed by atoms with E-state index >= 15 is 0 Å². The summed E-state index contributed by atoms with van der Waals surface area (Å²) in [7, 11) is -3.70. The number of nitrogens with zero attached hydrogens (tertiary/aromatic N) is 4. The molecule has 0 bridgehead atoms. The number of hydrogen-bond acceptors (Lipinski definition) is 10. The zero-order chi connectivity index (χ0) is 21.7. The molecule has 0 aliphatic rings. The summed E-state index contributed by atoms with van der Waals surface area (Å²) in [6.07, 6.45) is 4.68. The number of thiophene rings is 1. The number of nitrogens with one attached hydrogen (secondary N) is 3. The maximum Gasteiger partial charge on any atom is 0.250 e. The van der Waals surface area contributed by atoms with Crippen molar-refractivity contribution in [1.82, 2.24) is 24.7 Å². The minimum absolute atomic E-state index is 0.0458. The molecule has 1 atom stereocenters. The summed E-state index contributed by atoms with van der Waals surface area (Å²) in [4.78, 5) is 16.8. The van der Waals surface area contributed by atoms with E-state index in [0.29, 0.717) is 21.7 Å². The molecule has 4 N–H and O–H groups in total. The van der Waals surface area contributed by atoms with Gasteiger partial charge in [-0.25, -0.2) is 18.1 Å². The molecule has 0 aliphatic heterocycles. The maximum absolute atomic E-state index is 12.5. The molecule has 0 saturated heterocycles. The van der Waals surface area contributed by atoms with Crippen LogP contribution in [-0.4, -0.2) is 46.1 Å². The summed E-state index contributed by atoms with van der Waals surface area (Å²) in [5.74, 6) is 0.800. The molecule has 13 heteroatoms. The van der Waals surface area contributed by atoms with Gasteiger partial charge in [0.25, 0.3) is 0 Å². The lowest BCUT2D eigenvalue weighted by molar-refractivity contribution is 0.281. The fraction of sp³-hybridized carbons (Fsp3) is 0.294. The lowest BCUT2D eigenvalue weighted by Crippen LogP contribution is -2.23. The first-order chi connectivity index (χ1) is 14.3. The highest BCUT2D eigenvalue weighted by Gasteiger charge is 2.18. The fourth-order valence-corrected chi connectivity index (χ4v) is 4.67. The van der Waals surface area contributed by atoms with Crippen LogP contribution in [0.2, 0.25) is 0 Å². The molecule has 10 nitrogen and oxygen atoms in total. The standard InChI is InChI=1S/C17H20BrN7O3S2/c1-10-4-20-13(5-19-10)6-22-30(27,28)15-3-12(9-29-15)24-17-21-7-14(18)16(25-17)23-11(2)8-26/h3-5,7,9,11,22,26H,6,8H2,1-2H3,(H2,21,23,24,25)/t11-/m1/s1. The molecular formula is C17H20BrN7O3S2. The summed E-state index contributed by atoms with van der Waals surface area (Å²) in [5, 5.41) is 16.9. The SMILES string of the molecule is Cc1cnc(CNS(=O)(=O)c2cc(Nc3ncc(Br)c(N[C@H](C)CO)n3)cs2)cn1. The molecule has 0 amide bonds. The molecule has 30 heavy (non-hydrogen) atoms. The summed E-state index contributed by atoms with van der Waals surface area (Å²) < 4.78 is 28.4. The second-order valence-corrected chi connectivity index (χ2v) is 10.1. The van der Waals surface area contributed by atoms with Gasteiger partial charge in [-0.2, -0.15) is 4.98 Å². The molecule has 0 unspecified atom stereocenters. The summed E-state index contributed by atoms with van der Waals surface area (Å²) >= 11 is 4.42. The van der Waals surface area contributed by atoms with Crippen LogP contribution in [-0.2, 0) is 16.6 Å². The molecular weight excluding hydrogens is 494 g/mol. The number of aromatic nitrogens is 4. The van der Waals surface area contributed by atoms with Crippen molar-refractivity contribution in [1.29, 1.82) is 0 Å². The number of anilines is 3. The van der Waals surface area contributed by atoms with Crippen LogP contribution in [0.3, 0.4) is 0 Å². The van der Waals surface area contributed by atoms with Gasteiger partial charge in [0.1, 0.15) is 10.0 Å². The maximum atomic E-state index is 12.5. The third-order valence-corrected chi connectivity index (χ3v) is 7.20. The Morgan fingerprint density at radius 3 is 2.73 bits per heavy atom. The van der Waals surface area contributed by atoms with Gasteiger partial charge in [-0.1, -0.05) is 0 Å². The van der Waals surface area contributed by atoms with Gasteiger partial charge in [0.2, 0.25) is 16.0 Å². The molecule has 3 aromatic heterocycles. The van der Waals surface area contributed by atoms with Gasteiger partial charge >= 0.3 is 0 Å². The van der Waals surface area contributed by atoms with Crippen LogP contribution in [0, 0.1) is 6.92 Å². The van der Waals surface area contributed by atoms with Crippen molar-refractivity contribution in [2.75, 3.05) is 17.2 Å². The van der Waals surface area contributed by atoms with E-state index in [9.17, 15) is 13.5 Å². The Bertz CT molecular complexity index is 1110. The number of rotatable bonds is 9. The second kappa shape index (κ2) is 9.75. The van der Waals surface area contributed by atoms with E-state index in [1.54, 1.807) is 17.8 Å². The minimum atomic E-state index is -3.70. The van der Waals surface area contributed by atoms with Crippen molar-refractivity contribution in [2.45, 2.75) is 30.6 Å². The quantitative estimate of drug-likeness (QED) is 0.339. The van der Waals surface area contributed by atoms with Gasteiger partial charge in [0, 0.05) is 23.8 Å². The molecule has 3 aromatic rings. The average molecular weight is 514 g/mol.